The van der Waals surface area contributed by atoms with Gasteiger partial charge in [-0.25, -0.2) is 9.97 Å². The number of nitrogens with zero attached hydrogens (tertiary/aromatic N) is 2. The van der Waals surface area contributed by atoms with E-state index in [0.29, 0.717) is 11.3 Å². The van der Waals surface area contributed by atoms with Gasteiger partial charge in [-0.05, 0) is 38.7 Å². The van der Waals surface area contributed by atoms with Crippen molar-refractivity contribution in [3.8, 4) is 0 Å². The van der Waals surface area contributed by atoms with Crippen LogP contribution in [0.25, 0.3) is 0 Å². The van der Waals surface area contributed by atoms with Gasteiger partial charge in [-0.15, -0.1) is 0 Å². The lowest BCUT2D eigenvalue weighted by Crippen LogP contribution is -2.16. The van der Waals surface area contributed by atoms with E-state index in [2.05, 4.69) is 9.97 Å². The molecule has 0 N–H and O–H groups in total. The molecule has 4 heteroatoms. The average molecular weight is 222 g/mol. The largest absolute Gasteiger partial charge is 0.316 e. The van der Waals surface area contributed by atoms with Gasteiger partial charge < -0.3 is 4.57 Å². The summed E-state index contributed by atoms with van der Waals surface area (Å²) in [6, 6.07) is 1.93. The first-order valence-corrected chi connectivity index (χ1v) is 7.44. The van der Waals surface area contributed by atoms with Gasteiger partial charge >= 0.3 is 0 Å². The zero-order valence-electron chi connectivity index (χ0n) is 8.89. The van der Waals surface area contributed by atoms with E-state index in [1.165, 1.54) is 0 Å². The Morgan fingerprint density at radius 2 is 1.80 bits per heavy atom. The van der Waals surface area contributed by atoms with Gasteiger partial charge in [0.15, 0.2) is 0 Å². The minimum absolute atomic E-state index is 0.444. The first kappa shape index (κ1) is 9.53. The first-order valence-electron chi connectivity index (χ1n) is 5.60. The molecule has 1 heterocycles. The molecular weight excluding hydrogens is 207 g/mol. The highest BCUT2D eigenvalue weighted by Crippen LogP contribution is 2.69. The normalized spacial score (nSPS) is 21.7. The summed E-state index contributed by atoms with van der Waals surface area (Å²) in [6.45, 7) is 1.94. The van der Waals surface area contributed by atoms with E-state index in [1.807, 2.05) is 13.0 Å². The predicted octanol–water partition coefficient (Wildman–Crippen LogP) is 2.10. The van der Waals surface area contributed by atoms with E-state index >= 15 is 0 Å². The van der Waals surface area contributed by atoms with E-state index in [-0.39, 0.29) is 0 Å². The van der Waals surface area contributed by atoms with Crippen LogP contribution in [0.2, 0.25) is 0 Å². The Hall–Kier alpha value is -0.690. The molecule has 0 saturated heterocycles. The van der Waals surface area contributed by atoms with Crippen molar-refractivity contribution in [1.82, 2.24) is 9.97 Å². The zero-order chi connectivity index (χ0) is 10.5. The van der Waals surface area contributed by atoms with E-state index < -0.39 is 7.14 Å². The second-order valence-corrected chi connectivity index (χ2v) is 8.03. The van der Waals surface area contributed by atoms with Crippen LogP contribution in [0.15, 0.2) is 12.4 Å². The molecule has 2 aliphatic rings. The van der Waals surface area contributed by atoms with Crippen molar-refractivity contribution >= 4 is 12.6 Å². The fraction of sp³-hybridized carbons (Fsp3) is 0.636. The molecule has 0 unspecified atom stereocenters. The Balaban J connectivity index is 2.05. The molecule has 0 bridgehead atoms. The van der Waals surface area contributed by atoms with Gasteiger partial charge in [0, 0.05) is 17.0 Å². The quantitative estimate of drug-likeness (QED) is 0.735. The summed E-state index contributed by atoms with van der Waals surface area (Å²) in [5.74, 6) is 0. The maximum atomic E-state index is 13.0. The molecular formula is C11H15N2OP. The molecule has 0 amide bonds. The van der Waals surface area contributed by atoms with E-state index in [1.54, 1.807) is 6.33 Å². The van der Waals surface area contributed by atoms with Crippen LogP contribution >= 0.6 is 7.14 Å². The van der Waals surface area contributed by atoms with Crippen LogP contribution in [0.5, 0.6) is 0 Å². The molecule has 0 aliphatic heterocycles. The molecule has 3 nitrogen and oxygen atoms in total. The van der Waals surface area contributed by atoms with Gasteiger partial charge in [0.2, 0.25) is 0 Å². The van der Waals surface area contributed by atoms with Gasteiger partial charge in [0.1, 0.15) is 18.9 Å². The molecule has 2 aliphatic carbocycles. The highest BCUT2D eigenvalue weighted by Gasteiger charge is 2.52. The van der Waals surface area contributed by atoms with Crippen LogP contribution < -0.4 is 5.44 Å². The fourth-order valence-electron chi connectivity index (χ4n) is 2.22. The van der Waals surface area contributed by atoms with Crippen LogP contribution in [0.4, 0.5) is 0 Å². The highest BCUT2D eigenvalue weighted by atomic mass is 31.2. The first-order chi connectivity index (χ1) is 7.21. The second-order valence-electron chi connectivity index (χ2n) is 4.69. The number of aryl methyl sites for hydroxylation is 1. The topological polar surface area (TPSA) is 42.9 Å². The molecule has 0 radical (unpaired) electrons. The third-order valence-electron chi connectivity index (χ3n) is 3.33. The van der Waals surface area contributed by atoms with E-state index in [0.717, 1.165) is 36.8 Å². The lowest BCUT2D eigenvalue weighted by Gasteiger charge is -2.16. The highest BCUT2D eigenvalue weighted by molar-refractivity contribution is 7.73. The summed E-state index contributed by atoms with van der Waals surface area (Å²) in [6.07, 6.45) is 6.10. The smallest absolute Gasteiger partial charge is 0.139 e. The maximum Gasteiger partial charge on any atom is 0.139 e. The third kappa shape index (κ3) is 1.53. The molecule has 0 aromatic carbocycles. The lowest BCUT2D eigenvalue weighted by atomic mass is 10.5. The summed E-state index contributed by atoms with van der Waals surface area (Å²) in [5.41, 5.74) is 2.67. The van der Waals surface area contributed by atoms with Crippen LogP contribution in [0.1, 0.15) is 31.4 Å². The number of rotatable bonds is 3. The number of aromatic nitrogens is 2. The molecule has 3 rings (SSSR count). The van der Waals surface area contributed by atoms with Gasteiger partial charge in [0.05, 0.1) is 0 Å². The van der Waals surface area contributed by atoms with Crippen LogP contribution in [0.3, 0.4) is 0 Å². The molecule has 2 saturated carbocycles. The van der Waals surface area contributed by atoms with Crippen molar-refractivity contribution in [2.75, 3.05) is 0 Å². The van der Waals surface area contributed by atoms with Gasteiger partial charge in [0.25, 0.3) is 0 Å². The summed E-state index contributed by atoms with van der Waals surface area (Å²) in [7, 11) is -2.17. The van der Waals surface area contributed by atoms with Crippen molar-refractivity contribution in [3.63, 3.8) is 0 Å². The van der Waals surface area contributed by atoms with Gasteiger partial charge in [-0.3, -0.25) is 0 Å². The Bertz CT molecular complexity index is 422. The van der Waals surface area contributed by atoms with Crippen LogP contribution in [0, 0.1) is 6.92 Å². The Labute approximate surface area is 89.7 Å². The van der Waals surface area contributed by atoms with Crippen molar-refractivity contribution in [2.45, 2.75) is 43.9 Å². The second kappa shape index (κ2) is 3.15. The third-order valence-corrected chi connectivity index (χ3v) is 7.49. The molecule has 1 aromatic rings. The molecule has 2 fully saturated rings. The minimum Gasteiger partial charge on any atom is -0.316 e. The predicted molar refractivity (Wildman–Crippen MR) is 60.1 cm³/mol. The van der Waals surface area contributed by atoms with Crippen LogP contribution in [-0.2, 0) is 4.57 Å². The average Bonchev–Trinajstić information content (AvgIpc) is 3.04. The SMILES string of the molecule is Cc1cc(P(=O)(C2CC2)C2CC2)ncn1. The summed E-state index contributed by atoms with van der Waals surface area (Å²) in [5, 5.41) is 0. The summed E-state index contributed by atoms with van der Waals surface area (Å²) in [4.78, 5) is 8.34. The van der Waals surface area contributed by atoms with Crippen molar-refractivity contribution in [2.24, 2.45) is 0 Å². The van der Waals surface area contributed by atoms with Crippen molar-refractivity contribution in [1.29, 1.82) is 0 Å². The Kier molecular flexibility index (Phi) is 2.00. The molecule has 15 heavy (non-hydrogen) atoms. The monoisotopic (exact) mass is 222 g/mol. The van der Waals surface area contributed by atoms with Gasteiger partial charge in [-0.2, -0.15) is 0 Å². The summed E-state index contributed by atoms with van der Waals surface area (Å²) >= 11 is 0. The minimum atomic E-state index is -2.17. The standard InChI is InChI=1S/C11H15N2OP/c1-8-6-11(13-7-12-8)15(14,9-2-3-9)10-4-5-10/h6-7,9-10H,2-5H2,1H3. The fourth-order valence-corrected chi connectivity index (χ4v) is 6.02. The molecule has 1 aromatic heterocycles. The van der Waals surface area contributed by atoms with Crippen molar-refractivity contribution in [3.05, 3.63) is 18.1 Å². The summed E-state index contributed by atoms with van der Waals surface area (Å²) < 4.78 is 13.0. The lowest BCUT2D eigenvalue weighted by molar-refractivity contribution is 0.578. The van der Waals surface area contributed by atoms with Gasteiger partial charge in [-0.1, -0.05) is 0 Å². The number of hydrogen-bond donors (Lipinski definition) is 0. The maximum absolute atomic E-state index is 13.0. The van der Waals surface area contributed by atoms with E-state index in [4.69, 9.17) is 0 Å². The number of hydrogen-bond acceptors (Lipinski definition) is 3. The molecule has 80 valence electrons. The molecule has 0 atom stereocenters. The zero-order valence-corrected chi connectivity index (χ0v) is 9.78. The Morgan fingerprint density at radius 3 is 2.27 bits per heavy atom. The van der Waals surface area contributed by atoms with Crippen LogP contribution in [-0.4, -0.2) is 21.3 Å². The van der Waals surface area contributed by atoms with E-state index in [9.17, 15) is 4.57 Å². The molecule has 0 spiro atoms. The Morgan fingerprint density at radius 1 is 1.20 bits per heavy atom. The van der Waals surface area contributed by atoms with Crippen molar-refractivity contribution < 1.29 is 4.57 Å².